The zero-order valence-electron chi connectivity index (χ0n) is 9.17. The highest BCUT2D eigenvalue weighted by atomic mass is 35.5. The van der Waals surface area contributed by atoms with E-state index in [0.717, 1.165) is 12.1 Å². The third kappa shape index (κ3) is 3.89. The van der Waals surface area contributed by atoms with Crippen molar-refractivity contribution in [3.8, 4) is 0 Å². The first-order valence-corrected chi connectivity index (χ1v) is 5.58. The van der Waals surface area contributed by atoms with Crippen LogP contribution in [-0.2, 0) is 6.18 Å². The molecule has 2 N–H and O–H groups in total. The molecule has 1 amide bonds. The van der Waals surface area contributed by atoms with Crippen molar-refractivity contribution >= 4 is 17.5 Å². The van der Waals surface area contributed by atoms with Crippen molar-refractivity contribution < 1.29 is 23.1 Å². The fraction of sp³-hybridized carbons (Fsp3) is 0.364. The fourth-order valence-electron chi connectivity index (χ4n) is 1.29. The number of alkyl halides is 4. The van der Waals surface area contributed by atoms with Gasteiger partial charge in [-0.1, -0.05) is 12.1 Å². The summed E-state index contributed by atoms with van der Waals surface area (Å²) in [6, 6.07) is 4.44. The minimum atomic E-state index is -4.60. The van der Waals surface area contributed by atoms with Crippen molar-refractivity contribution in [3.05, 3.63) is 35.4 Å². The first kappa shape index (κ1) is 14.8. The number of carbonyl (C=O) groups is 1. The summed E-state index contributed by atoms with van der Waals surface area (Å²) < 4.78 is 37.9. The van der Waals surface area contributed by atoms with Gasteiger partial charge in [0.2, 0.25) is 0 Å². The van der Waals surface area contributed by atoms with Crippen LogP contribution in [0.1, 0.15) is 15.9 Å². The average Bonchev–Trinajstić information content (AvgIpc) is 2.34. The molecule has 100 valence electrons. The van der Waals surface area contributed by atoms with Crippen molar-refractivity contribution in [1.82, 2.24) is 5.32 Å². The van der Waals surface area contributed by atoms with Crippen molar-refractivity contribution in [2.75, 3.05) is 12.4 Å². The molecule has 0 heterocycles. The Morgan fingerprint density at radius 1 is 1.39 bits per heavy atom. The number of benzene rings is 1. The van der Waals surface area contributed by atoms with Crippen LogP contribution in [0.2, 0.25) is 0 Å². The van der Waals surface area contributed by atoms with Crippen LogP contribution in [-0.4, -0.2) is 29.5 Å². The van der Waals surface area contributed by atoms with E-state index in [-0.39, 0.29) is 12.4 Å². The molecule has 0 spiro atoms. The molecule has 0 aliphatic carbocycles. The second kappa shape index (κ2) is 6.06. The zero-order valence-corrected chi connectivity index (χ0v) is 9.92. The first-order valence-electron chi connectivity index (χ1n) is 5.04. The number of halogens is 4. The minimum absolute atomic E-state index is 0.110. The topological polar surface area (TPSA) is 49.3 Å². The largest absolute Gasteiger partial charge is 0.417 e. The molecule has 0 aromatic heterocycles. The van der Waals surface area contributed by atoms with Crippen LogP contribution in [0.4, 0.5) is 13.2 Å². The van der Waals surface area contributed by atoms with Gasteiger partial charge in [-0.3, -0.25) is 4.79 Å². The molecule has 7 heteroatoms. The Morgan fingerprint density at radius 3 is 2.56 bits per heavy atom. The summed E-state index contributed by atoms with van der Waals surface area (Å²) in [5.41, 5.74) is -1.49. The van der Waals surface area contributed by atoms with Crippen molar-refractivity contribution in [2.45, 2.75) is 12.3 Å². The molecule has 0 bridgehead atoms. The monoisotopic (exact) mass is 281 g/mol. The van der Waals surface area contributed by atoms with Crippen molar-refractivity contribution in [2.24, 2.45) is 0 Å². The Hall–Kier alpha value is -1.27. The standard InChI is InChI=1S/C11H11ClF3NO2/c12-5-7(17)6-16-10(18)8-3-1-2-4-9(8)11(13,14)15/h1-4,7,17H,5-6H2,(H,16,18). The van der Waals surface area contributed by atoms with Gasteiger partial charge in [0, 0.05) is 6.54 Å². The lowest BCUT2D eigenvalue weighted by atomic mass is 10.1. The van der Waals surface area contributed by atoms with E-state index in [2.05, 4.69) is 5.32 Å². The molecule has 18 heavy (non-hydrogen) atoms. The van der Waals surface area contributed by atoms with Gasteiger partial charge >= 0.3 is 6.18 Å². The molecule has 0 aliphatic rings. The maximum Gasteiger partial charge on any atom is 0.417 e. The van der Waals surface area contributed by atoms with Gasteiger partial charge in [-0.25, -0.2) is 0 Å². The quantitative estimate of drug-likeness (QED) is 0.830. The van der Waals surface area contributed by atoms with E-state index >= 15 is 0 Å². The summed E-state index contributed by atoms with van der Waals surface area (Å²) in [7, 11) is 0. The van der Waals surface area contributed by atoms with E-state index < -0.39 is 29.3 Å². The predicted molar refractivity (Wildman–Crippen MR) is 60.5 cm³/mol. The van der Waals surface area contributed by atoms with Gasteiger partial charge in [0.15, 0.2) is 0 Å². The predicted octanol–water partition coefficient (Wildman–Crippen LogP) is 2.03. The highest BCUT2D eigenvalue weighted by molar-refractivity contribution is 6.18. The van der Waals surface area contributed by atoms with E-state index in [0.29, 0.717) is 0 Å². The molecule has 3 nitrogen and oxygen atoms in total. The second-order valence-electron chi connectivity index (χ2n) is 3.56. The maximum atomic E-state index is 12.6. The van der Waals surface area contributed by atoms with E-state index in [4.69, 9.17) is 16.7 Å². The molecule has 1 aromatic carbocycles. The van der Waals surface area contributed by atoms with Crippen molar-refractivity contribution in [3.63, 3.8) is 0 Å². The van der Waals surface area contributed by atoms with Gasteiger partial charge in [-0.2, -0.15) is 13.2 Å². The van der Waals surface area contributed by atoms with Crippen LogP contribution in [0, 0.1) is 0 Å². The van der Waals surface area contributed by atoms with E-state index in [1.54, 1.807) is 0 Å². The highest BCUT2D eigenvalue weighted by Gasteiger charge is 2.34. The van der Waals surface area contributed by atoms with Crippen LogP contribution in [0.25, 0.3) is 0 Å². The molecule has 1 unspecified atom stereocenters. The number of rotatable bonds is 4. The number of carbonyl (C=O) groups excluding carboxylic acids is 1. The van der Waals surface area contributed by atoms with Crippen molar-refractivity contribution in [1.29, 1.82) is 0 Å². The molecule has 1 aromatic rings. The van der Waals surface area contributed by atoms with Crippen LogP contribution in [0.15, 0.2) is 24.3 Å². The summed E-state index contributed by atoms with van der Waals surface area (Å²) >= 11 is 5.30. The number of aliphatic hydroxyl groups excluding tert-OH is 1. The second-order valence-corrected chi connectivity index (χ2v) is 3.87. The number of nitrogens with one attached hydrogen (secondary N) is 1. The third-order valence-electron chi connectivity index (χ3n) is 2.15. The molecular formula is C11H11ClF3NO2. The zero-order chi connectivity index (χ0) is 13.8. The smallest absolute Gasteiger partial charge is 0.390 e. The number of amides is 1. The minimum Gasteiger partial charge on any atom is -0.390 e. The lowest BCUT2D eigenvalue weighted by Gasteiger charge is -2.13. The Labute approximate surface area is 107 Å². The van der Waals surface area contributed by atoms with Gasteiger partial charge in [-0.05, 0) is 12.1 Å². The third-order valence-corrected chi connectivity index (χ3v) is 2.51. The van der Waals surface area contributed by atoms with Gasteiger partial charge in [0.25, 0.3) is 5.91 Å². The lowest BCUT2D eigenvalue weighted by molar-refractivity contribution is -0.137. The first-order chi connectivity index (χ1) is 8.36. The summed E-state index contributed by atoms with van der Waals surface area (Å²) in [5, 5.41) is 11.3. The molecule has 0 aliphatic heterocycles. The SMILES string of the molecule is O=C(NCC(O)CCl)c1ccccc1C(F)(F)F. The molecule has 0 saturated carbocycles. The summed E-state index contributed by atoms with van der Waals surface area (Å²) in [4.78, 5) is 11.6. The molecule has 1 atom stereocenters. The van der Waals surface area contributed by atoms with Gasteiger partial charge in [0.05, 0.1) is 23.1 Å². The van der Waals surface area contributed by atoms with Gasteiger partial charge in [-0.15, -0.1) is 11.6 Å². The lowest BCUT2D eigenvalue weighted by Crippen LogP contribution is -2.34. The number of aliphatic hydroxyl groups is 1. The molecular weight excluding hydrogens is 271 g/mol. The maximum absolute atomic E-state index is 12.6. The summed E-state index contributed by atoms with van der Waals surface area (Å²) in [5.74, 6) is -1.01. The molecule has 1 rings (SSSR count). The summed E-state index contributed by atoms with van der Waals surface area (Å²) in [6.07, 6.45) is -5.59. The van der Waals surface area contributed by atoms with Crippen LogP contribution < -0.4 is 5.32 Å². The average molecular weight is 282 g/mol. The summed E-state index contributed by atoms with van der Waals surface area (Å²) in [6.45, 7) is -0.200. The van der Waals surface area contributed by atoms with Crippen LogP contribution in [0.5, 0.6) is 0 Å². The van der Waals surface area contributed by atoms with Crippen LogP contribution in [0.3, 0.4) is 0 Å². The van der Waals surface area contributed by atoms with Crippen LogP contribution >= 0.6 is 11.6 Å². The number of hydrogen-bond acceptors (Lipinski definition) is 2. The Balaban J connectivity index is 2.86. The normalized spacial score (nSPS) is 13.2. The Kier molecular flexibility index (Phi) is 4.98. The van der Waals surface area contributed by atoms with E-state index in [9.17, 15) is 18.0 Å². The highest BCUT2D eigenvalue weighted by Crippen LogP contribution is 2.31. The molecule has 0 saturated heterocycles. The van der Waals surface area contributed by atoms with Gasteiger partial charge < -0.3 is 10.4 Å². The molecule has 0 radical (unpaired) electrons. The van der Waals surface area contributed by atoms with E-state index in [1.165, 1.54) is 12.1 Å². The fourth-order valence-corrected chi connectivity index (χ4v) is 1.40. The Bertz CT molecular complexity index is 423. The Morgan fingerprint density at radius 2 is 2.00 bits per heavy atom. The number of hydrogen-bond donors (Lipinski definition) is 2. The van der Waals surface area contributed by atoms with Gasteiger partial charge in [0.1, 0.15) is 0 Å². The molecule has 0 fully saturated rings. The van der Waals surface area contributed by atoms with E-state index in [1.807, 2.05) is 0 Å².